The second-order valence-corrected chi connectivity index (χ2v) is 6.13. The van der Waals surface area contributed by atoms with E-state index < -0.39 is 22.3 Å². The van der Waals surface area contributed by atoms with Crippen LogP contribution in [0.4, 0.5) is 8.78 Å². The topological polar surface area (TPSA) is 46.2 Å². The molecule has 6 heteroatoms. The van der Waals surface area contributed by atoms with Crippen LogP contribution < -0.4 is 5.32 Å². The summed E-state index contributed by atoms with van der Waals surface area (Å²) in [4.78, 5) is 0. The van der Waals surface area contributed by atoms with E-state index in [1.54, 1.807) is 0 Å². The minimum absolute atomic E-state index is 0.0108. The molecule has 0 amide bonds. The Labute approximate surface area is 82.8 Å². The fraction of sp³-hybridized carbons (Fsp3) is 1.00. The molecule has 1 saturated heterocycles. The zero-order valence-electron chi connectivity index (χ0n) is 8.09. The summed E-state index contributed by atoms with van der Waals surface area (Å²) in [6.45, 7) is 0.366. The standard InChI is InChI=1S/C8H15F2NO2S/c1-8(9,10)6-11-7-3-2-4-14(12,13)5-7/h7,11H,2-6H2,1H3. The molecule has 84 valence electrons. The van der Waals surface area contributed by atoms with Gasteiger partial charge in [-0.05, 0) is 12.8 Å². The second kappa shape index (κ2) is 4.10. The number of hydrogen-bond donors (Lipinski definition) is 1. The number of sulfone groups is 1. The Morgan fingerprint density at radius 2 is 2.14 bits per heavy atom. The lowest BCUT2D eigenvalue weighted by Crippen LogP contribution is -2.44. The zero-order chi connectivity index (χ0) is 10.8. The normalized spacial score (nSPS) is 27.5. The molecule has 0 aromatic rings. The van der Waals surface area contributed by atoms with E-state index in [0.717, 1.165) is 6.92 Å². The van der Waals surface area contributed by atoms with Gasteiger partial charge in [0, 0.05) is 13.0 Å². The smallest absolute Gasteiger partial charge is 0.257 e. The van der Waals surface area contributed by atoms with Crippen molar-refractivity contribution in [2.24, 2.45) is 0 Å². The van der Waals surface area contributed by atoms with Crippen molar-refractivity contribution in [2.45, 2.75) is 31.7 Å². The van der Waals surface area contributed by atoms with Crippen molar-refractivity contribution in [3.63, 3.8) is 0 Å². The highest BCUT2D eigenvalue weighted by Gasteiger charge is 2.27. The molecule has 1 fully saturated rings. The first kappa shape index (κ1) is 11.8. The first-order chi connectivity index (χ1) is 6.29. The highest BCUT2D eigenvalue weighted by molar-refractivity contribution is 7.91. The first-order valence-corrected chi connectivity index (χ1v) is 6.42. The Balaban J connectivity index is 2.39. The largest absolute Gasteiger partial charge is 0.307 e. The van der Waals surface area contributed by atoms with Gasteiger partial charge >= 0.3 is 0 Å². The monoisotopic (exact) mass is 227 g/mol. The minimum atomic E-state index is -3.01. The van der Waals surface area contributed by atoms with Crippen LogP contribution in [0.25, 0.3) is 0 Å². The summed E-state index contributed by atoms with van der Waals surface area (Å²) in [6, 6.07) is -0.306. The van der Waals surface area contributed by atoms with Gasteiger partial charge in [-0.15, -0.1) is 0 Å². The Morgan fingerprint density at radius 3 is 2.64 bits per heavy atom. The quantitative estimate of drug-likeness (QED) is 0.776. The van der Waals surface area contributed by atoms with Crippen molar-refractivity contribution in [3.05, 3.63) is 0 Å². The highest BCUT2D eigenvalue weighted by Crippen LogP contribution is 2.14. The van der Waals surface area contributed by atoms with Gasteiger partial charge in [-0.2, -0.15) is 0 Å². The molecule has 1 aliphatic heterocycles. The third-order valence-corrected chi connectivity index (χ3v) is 3.99. The van der Waals surface area contributed by atoms with E-state index >= 15 is 0 Å². The highest BCUT2D eigenvalue weighted by atomic mass is 32.2. The molecule has 0 bridgehead atoms. The van der Waals surface area contributed by atoms with Crippen LogP contribution in [0.15, 0.2) is 0 Å². The molecule has 0 spiro atoms. The molecule has 1 aliphatic rings. The molecule has 0 aliphatic carbocycles. The van der Waals surface area contributed by atoms with Gasteiger partial charge in [0.05, 0.1) is 18.1 Å². The summed E-state index contributed by atoms with van der Waals surface area (Å²) in [5.41, 5.74) is 0. The van der Waals surface area contributed by atoms with Gasteiger partial charge in [0.25, 0.3) is 5.92 Å². The van der Waals surface area contributed by atoms with Crippen molar-refractivity contribution in [1.29, 1.82) is 0 Å². The van der Waals surface area contributed by atoms with Gasteiger partial charge in [-0.1, -0.05) is 0 Å². The molecule has 14 heavy (non-hydrogen) atoms. The van der Waals surface area contributed by atoms with Crippen LogP contribution in [0.3, 0.4) is 0 Å². The SMILES string of the molecule is CC(F)(F)CNC1CCCS(=O)(=O)C1. The van der Waals surface area contributed by atoms with Gasteiger partial charge < -0.3 is 5.32 Å². The van der Waals surface area contributed by atoms with E-state index in [1.165, 1.54) is 0 Å². The number of halogens is 2. The molecule has 3 nitrogen and oxygen atoms in total. The molecular weight excluding hydrogens is 212 g/mol. The van der Waals surface area contributed by atoms with Crippen LogP contribution in [0, 0.1) is 0 Å². The van der Waals surface area contributed by atoms with Crippen molar-refractivity contribution in [2.75, 3.05) is 18.1 Å². The van der Waals surface area contributed by atoms with Crippen LogP contribution in [-0.4, -0.2) is 38.4 Å². The van der Waals surface area contributed by atoms with Gasteiger partial charge in [0.1, 0.15) is 0 Å². The average molecular weight is 227 g/mol. The fourth-order valence-electron chi connectivity index (χ4n) is 1.51. The molecule has 0 radical (unpaired) electrons. The third kappa shape index (κ3) is 4.32. The third-order valence-electron chi connectivity index (χ3n) is 2.16. The van der Waals surface area contributed by atoms with Crippen molar-refractivity contribution >= 4 is 9.84 Å². The summed E-state index contributed by atoms with van der Waals surface area (Å²) in [7, 11) is -3.01. The first-order valence-electron chi connectivity index (χ1n) is 4.60. The van der Waals surface area contributed by atoms with Crippen LogP contribution >= 0.6 is 0 Å². The van der Waals surface area contributed by atoms with Crippen LogP contribution in [0.1, 0.15) is 19.8 Å². The fourth-order valence-corrected chi connectivity index (χ4v) is 3.18. The predicted molar refractivity (Wildman–Crippen MR) is 50.3 cm³/mol. The van der Waals surface area contributed by atoms with Gasteiger partial charge in [-0.25, -0.2) is 17.2 Å². The van der Waals surface area contributed by atoms with Gasteiger partial charge in [-0.3, -0.25) is 0 Å². The molecule has 1 N–H and O–H groups in total. The van der Waals surface area contributed by atoms with Crippen LogP contribution in [0.2, 0.25) is 0 Å². The van der Waals surface area contributed by atoms with E-state index in [9.17, 15) is 17.2 Å². The summed E-state index contributed by atoms with van der Waals surface area (Å²) < 4.78 is 47.2. The number of nitrogens with one attached hydrogen (secondary N) is 1. The lowest BCUT2D eigenvalue weighted by atomic mass is 10.2. The molecule has 0 saturated carbocycles. The number of alkyl halides is 2. The van der Waals surface area contributed by atoms with Crippen molar-refractivity contribution in [3.8, 4) is 0 Å². The maximum Gasteiger partial charge on any atom is 0.257 e. The Kier molecular flexibility index (Phi) is 3.47. The molecule has 1 rings (SSSR count). The summed E-state index contributed by atoms with van der Waals surface area (Å²) in [6.07, 6.45) is 1.23. The van der Waals surface area contributed by atoms with Gasteiger partial charge in [0.15, 0.2) is 9.84 Å². The van der Waals surface area contributed by atoms with Crippen molar-refractivity contribution in [1.82, 2.24) is 5.32 Å². The Bertz CT molecular complexity index is 284. The number of rotatable bonds is 3. The molecule has 0 aromatic carbocycles. The average Bonchev–Trinajstić information content (AvgIpc) is 1.98. The van der Waals surface area contributed by atoms with E-state index in [4.69, 9.17) is 0 Å². The Hall–Kier alpha value is -0.230. The zero-order valence-corrected chi connectivity index (χ0v) is 8.91. The van der Waals surface area contributed by atoms with E-state index in [1.807, 2.05) is 0 Å². The van der Waals surface area contributed by atoms with Crippen LogP contribution in [-0.2, 0) is 9.84 Å². The van der Waals surface area contributed by atoms with E-state index in [-0.39, 0.29) is 17.5 Å². The number of hydrogen-bond acceptors (Lipinski definition) is 3. The minimum Gasteiger partial charge on any atom is -0.307 e. The molecule has 0 aromatic heterocycles. The lowest BCUT2D eigenvalue weighted by Gasteiger charge is -2.24. The van der Waals surface area contributed by atoms with Crippen molar-refractivity contribution < 1.29 is 17.2 Å². The maximum atomic E-state index is 12.5. The molecule has 1 heterocycles. The van der Waals surface area contributed by atoms with Gasteiger partial charge in [0.2, 0.25) is 0 Å². The maximum absolute atomic E-state index is 12.5. The Morgan fingerprint density at radius 1 is 1.50 bits per heavy atom. The lowest BCUT2D eigenvalue weighted by molar-refractivity contribution is 0.0201. The molecule has 1 atom stereocenters. The summed E-state index contributed by atoms with van der Waals surface area (Å²) in [5, 5.41) is 2.59. The van der Waals surface area contributed by atoms with E-state index in [0.29, 0.717) is 12.8 Å². The van der Waals surface area contributed by atoms with Crippen LogP contribution in [0.5, 0.6) is 0 Å². The molecular formula is C8H15F2NO2S. The second-order valence-electron chi connectivity index (χ2n) is 3.90. The molecule has 1 unspecified atom stereocenters. The summed E-state index contributed by atoms with van der Waals surface area (Å²) >= 11 is 0. The summed E-state index contributed by atoms with van der Waals surface area (Å²) in [5.74, 6) is -2.60. The predicted octanol–water partition coefficient (Wildman–Crippen LogP) is 0.808. The van der Waals surface area contributed by atoms with E-state index in [2.05, 4.69) is 5.32 Å².